The minimum absolute atomic E-state index is 0.232. The van der Waals surface area contributed by atoms with Crippen LogP contribution >= 0.6 is 0 Å². The Hall–Kier alpha value is -3.61. The lowest BCUT2D eigenvalue weighted by atomic mass is 9.90. The average molecular weight is 403 g/mol. The van der Waals surface area contributed by atoms with Gasteiger partial charge in [-0.15, -0.1) is 0 Å². The van der Waals surface area contributed by atoms with Gasteiger partial charge >= 0.3 is 5.97 Å². The van der Waals surface area contributed by atoms with Crippen LogP contribution in [0.1, 0.15) is 28.8 Å². The van der Waals surface area contributed by atoms with Gasteiger partial charge in [-0.05, 0) is 55.0 Å². The Morgan fingerprint density at radius 2 is 1.77 bits per heavy atom. The molecule has 0 bridgehead atoms. The van der Waals surface area contributed by atoms with Gasteiger partial charge in [0.15, 0.2) is 11.6 Å². The normalized spacial score (nSPS) is 14.5. The number of piperidine rings is 1. The van der Waals surface area contributed by atoms with Crippen LogP contribution in [0.15, 0.2) is 60.9 Å². The third-order valence-corrected chi connectivity index (χ3v) is 5.54. The molecule has 2 heterocycles. The maximum Gasteiger partial charge on any atom is 0.335 e. The maximum absolute atomic E-state index is 11.0. The highest BCUT2D eigenvalue weighted by molar-refractivity contribution is 5.88. The molecule has 2 aromatic carbocycles. The fourth-order valence-electron chi connectivity index (χ4n) is 3.87. The SMILES string of the molecule is Nc1c(Nc2ccc(C(=O)O)cc2)ncnc1N1CCC(Cc2ccccc2)CC1. The number of nitrogens with one attached hydrogen (secondary N) is 1. The highest BCUT2D eigenvalue weighted by atomic mass is 16.4. The Balaban J connectivity index is 1.41. The zero-order chi connectivity index (χ0) is 20.9. The van der Waals surface area contributed by atoms with E-state index in [0.717, 1.165) is 43.9 Å². The number of hydrogen-bond acceptors (Lipinski definition) is 6. The van der Waals surface area contributed by atoms with Crippen molar-refractivity contribution in [1.82, 2.24) is 9.97 Å². The number of nitrogen functional groups attached to an aromatic ring is 1. The molecule has 0 saturated carbocycles. The molecule has 1 aromatic heterocycles. The topological polar surface area (TPSA) is 104 Å². The lowest BCUT2D eigenvalue weighted by molar-refractivity contribution is 0.0697. The predicted molar refractivity (Wildman–Crippen MR) is 118 cm³/mol. The number of nitrogens with two attached hydrogens (primary N) is 1. The van der Waals surface area contributed by atoms with Crippen LogP contribution in [-0.4, -0.2) is 34.1 Å². The minimum atomic E-state index is -0.957. The van der Waals surface area contributed by atoms with Crippen molar-refractivity contribution < 1.29 is 9.90 Å². The third-order valence-electron chi connectivity index (χ3n) is 5.54. The van der Waals surface area contributed by atoms with E-state index in [1.807, 2.05) is 0 Å². The van der Waals surface area contributed by atoms with Gasteiger partial charge in [-0.2, -0.15) is 0 Å². The zero-order valence-electron chi connectivity index (χ0n) is 16.7. The number of anilines is 4. The molecule has 0 aliphatic carbocycles. The fraction of sp³-hybridized carbons (Fsp3) is 0.261. The number of aromatic carboxylic acids is 1. The Bertz CT molecular complexity index is 1000. The van der Waals surface area contributed by atoms with Crippen molar-refractivity contribution in [1.29, 1.82) is 0 Å². The smallest absolute Gasteiger partial charge is 0.335 e. The van der Waals surface area contributed by atoms with Gasteiger partial charge in [0.25, 0.3) is 0 Å². The van der Waals surface area contributed by atoms with Gasteiger partial charge in [0.1, 0.15) is 12.0 Å². The Labute approximate surface area is 175 Å². The second-order valence-electron chi connectivity index (χ2n) is 7.59. The Kier molecular flexibility index (Phi) is 5.79. The van der Waals surface area contributed by atoms with Crippen LogP contribution in [-0.2, 0) is 6.42 Å². The van der Waals surface area contributed by atoms with Gasteiger partial charge in [-0.3, -0.25) is 0 Å². The molecule has 0 atom stereocenters. The third kappa shape index (κ3) is 4.51. The first kappa shape index (κ1) is 19.7. The van der Waals surface area contributed by atoms with E-state index in [9.17, 15) is 4.79 Å². The standard InChI is InChI=1S/C23H25N5O2/c24-20-21(27-19-8-6-18(7-9-19)23(29)30)25-15-26-22(20)28-12-10-17(11-13-28)14-16-4-2-1-3-5-16/h1-9,15,17H,10-14,24H2,(H,29,30)(H,25,26,27). The summed E-state index contributed by atoms with van der Waals surface area (Å²) in [7, 11) is 0. The van der Waals surface area contributed by atoms with E-state index in [2.05, 4.69) is 50.5 Å². The molecule has 1 aliphatic rings. The number of nitrogens with zero attached hydrogens (tertiary/aromatic N) is 3. The average Bonchev–Trinajstić information content (AvgIpc) is 2.77. The molecule has 3 aromatic rings. The molecule has 154 valence electrons. The summed E-state index contributed by atoms with van der Waals surface area (Å²) in [5.74, 6) is 0.973. The lowest BCUT2D eigenvalue weighted by Crippen LogP contribution is -2.35. The highest BCUT2D eigenvalue weighted by Gasteiger charge is 2.23. The van der Waals surface area contributed by atoms with Crippen LogP contribution in [0.25, 0.3) is 0 Å². The maximum atomic E-state index is 11.0. The van der Waals surface area contributed by atoms with Gasteiger partial charge in [0.05, 0.1) is 5.56 Å². The van der Waals surface area contributed by atoms with E-state index in [0.29, 0.717) is 17.4 Å². The van der Waals surface area contributed by atoms with Crippen molar-refractivity contribution in [2.75, 3.05) is 29.0 Å². The number of carboxylic acids is 1. The monoisotopic (exact) mass is 403 g/mol. The molecule has 30 heavy (non-hydrogen) atoms. The molecule has 0 amide bonds. The van der Waals surface area contributed by atoms with Crippen LogP contribution in [0, 0.1) is 5.92 Å². The number of carboxylic acid groups (broad SMARTS) is 1. The molecule has 4 N–H and O–H groups in total. The molecule has 7 nitrogen and oxygen atoms in total. The summed E-state index contributed by atoms with van der Waals surface area (Å²) in [5, 5.41) is 12.2. The van der Waals surface area contributed by atoms with Gasteiger partial charge in [-0.25, -0.2) is 14.8 Å². The van der Waals surface area contributed by atoms with Crippen LogP contribution in [0.2, 0.25) is 0 Å². The highest BCUT2D eigenvalue weighted by Crippen LogP contribution is 2.32. The van der Waals surface area contributed by atoms with E-state index in [1.54, 1.807) is 24.3 Å². The second-order valence-corrected chi connectivity index (χ2v) is 7.59. The molecule has 0 unspecified atom stereocenters. The minimum Gasteiger partial charge on any atom is -0.478 e. The summed E-state index contributed by atoms with van der Waals surface area (Å²) in [5.41, 5.74) is 9.22. The number of hydrogen-bond donors (Lipinski definition) is 3. The first-order valence-electron chi connectivity index (χ1n) is 10.1. The van der Waals surface area contributed by atoms with Crippen molar-refractivity contribution in [3.63, 3.8) is 0 Å². The number of rotatable bonds is 6. The van der Waals surface area contributed by atoms with Gasteiger partial charge in [0.2, 0.25) is 0 Å². The molecule has 4 rings (SSSR count). The molecular weight excluding hydrogens is 378 g/mol. The molecule has 0 radical (unpaired) electrons. The quantitative estimate of drug-likeness (QED) is 0.572. The summed E-state index contributed by atoms with van der Waals surface area (Å²) in [6.07, 6.45) is 4.80. The molecule has 1 saturated heterocycles. The second kappa shape index (κ2) is 8.82. The Morgan fingerprint density at radius 3 is 2.43 bits per heavy atom. The summed E-state index contributed by atoms with van der Waals surface area (Å²) in [4.78, 5) is 21.9. The summed E-state index contributed by atoms with van der Waals surface area (Å²) >= 11 is 0. The van der Waals surface area contributed by atoms with Crippen LogP contribution in [0.5, 0.6) is 0 Å². The van der Waals surface area contributed by atoms with E-state index in [-0.39, 0.29) is 5.56 Å². The van der Waals surface area contributed by atoms with Crippen molar-refractivity contribution in [2.45, 2.75) is 19.3 Å². The summed E-state index contributed by atoms with van der Waals surface area (Å²) in [6.45, 7) is 1.82. The molecular formula is C23H25N5O2. The first-order chi connectivity index (χ1) is 14.6. The van der Waals surface area contributed by atoms with Crippen molar-refractivity contribution in [2.24, 2.45) is 5.92 Å². The molecule has 7 heteroatoms. The number of benzene rings is 2. The number of aromatic nitrogens is 2. The van der Waals surface area contributed by atoms with Crippen LogP contribution in [0.4, 0.5) is 23.0 Å². The first-order valence-corrected chi connectivity index (χ1v) is 10.1. The van der Waals surface area contributed by atoms with Crippen molar-refractivity contribution in [3.05, 3.63) is 72.1 Å². The van der Waals surface area contributed by atoms with Crippen molar-refractivity contribution >= 4 is 29.0 Å². The van der Waals surface area contributed by atoms with Gasteiger partial charge < -0.3 is 21.1 Å². The summed E-state index contributed by atoms with van der Waals surface area (Å²) < 4.78 is 0. The molecule has 0 spiro atoms. The van der Waals surface area contributed by atoms with E-state index >= 15 is 0 Å². The van der Waals surface area contributed by atoms with E-state index in [1.165, 1.54) is 11.9 Å². The lowest BCUT2D eigenvalue weighted by Gasteiger charge is -2.33. The number of carbonyl (C=O) groups is 1. The van der Waals surface area contributed by atoms with Crippen molar-refractivity contribution in [3.8, 4) is 0 Å². The molecule has 1 fully saturated rings. The molecule has 1 aliphatic heterocycles. The Morgan fingerprint density at radius 1 is 1.07 bits per heavy atom. The summed E-state index contributed by atoms with van der Waals surface area (Å²) in [6, 6.07) is 17.1. The van der Waals surface area contributed by atoms with Gasteiger partial charge in [0, 0.05) is 18.8 Å². The predicted octanol–water partition coefficient (Wildman–Crippen LogP) is 3.96. The van der Waals surface area contributed by atoms with E-state index in [4.69, 9.17) is 10.8 Å². The van der Waals surface area contributed by atoms with Crippen LogP contribution < -0.4 is 16.0 Å². The fourth-order valence-corrected chi connectivity index (χ4v) is 3.87. The zero-order valence-corrected chi connectivity index (χ0v) is 16.7. The van der Waals surface area contributed by atoms with Gasteiger partial charge in [-0.1, -0.05) is 30.3 Å². The largest absolute Gasteiger partial charge is 0.478 e. The van der Waals surface area contributed by atoms with E-state index < -0.39 is 5.97 Å². The van der Waals surface area contributed by atoms with Crippen LogP contribution in [0.3, 0.4) is 0 Å².